The molecule has 0 aliphatic carbocycles. The summed E-state index contributed by atoms with van der Waals surface area (Å²) in [6.45, 7) is 4.60. The molecular formula is C19H21N3O2S2. The van der Waals surface area contributed by atoms with Gasteiger partial charge in [-0.05, 0) is 30.9 Å². The largest absolute Gasteiger partial charge is 0.335 e. The zero-order chi connectivity index (χ0) is 18.7. The molecule has 0 N–H and O–H groups in total. The van der Waals surface area contributed by atoms with Crippen LogP contribution in [0.2, 0.25) is 0 Å². The van der Waals surface area contributed by atoms with Crippen molar-refractivity contribution in [2.75, 3.05) is 5.75 Å². The van der Waals surface area contributed by atoms with Gasteiger partial charge >= 0.3 is 0 Å². The molecule has 1 aromatic carbocycles. The van der Waals surface area contributed by atoms with Crippen LogP contribution in [0.3, 0.4) is 0 Å². The van der Waals surface area contributed by atoms with E-state index in [1.807, 2.05) is 60.5 Å². The zero-order valence-corrected chi connectivity index (χ0v) is 16.6. The number of carbonyl (C=O) groups excluding carboxylic acids is 1. The summed E-state index contributed by atoms with van der Waals surface area (Å²) in [5.74, 6) is 0.287. The topological polar surface area (TPSA) is 55.2 Å². The van der Waals surface area contributed by atoms with Gasteiger partial charge in [0.1, 0.15) is 4.70 Å². The smallest absolute Gasteiger partial charge is 0.271 e. The summed E-state index contributed by atoms with van der Waals surface area (Å²) >= 11 is 2.70. The van der Waals surface area contributed by atoms with E-state index < -0.39 is 0 Å². The number of aromatic nitrogens is 2. The number of thiophene rings is 1. The van der Waals surface area contributed by atoms with E-state index in [2.05, 4.69) is 4.98 Å². The van der Waals surface area contributed by atoms with Gasteiger partial charge in [0.25, 0.3) is 5.56 Å². The molecule has 3 rings (SSSR count). The molecule has 0 atom stereocenters. The molecule has 136 valence electrons. The number of benzene rings is 1. The van der Waals surface area contributed by atoms with Crippen molar-refractivity contribution in [3.63, 3.8) is 0 Å². The van der Waals surface area contributed by atoms with Crippen LogP contribution in [0.15, 0.2) is 51.7 Å². The second kappa shape index (κ2) is 8.05. The Morgan fingerprint density at radius 1 is 1.27 bits per heavy atom. The van der Waals surface area contributed by atoms with Gasteiger partial charge < -0.3 is 4.90 Å². The average molecular weight is 388 g/mol. The monoisotopic (exact) mass is 387 g/mol. The Bertz CT molecular complexity index is 964. The van der Waals surface area contributed by atoms with Crippen molar-refractivity contribution in [2.24, 2.45) is 7.05 Å². The van der Waals surface area contributed by atoms with Crippen LogP contribution in [-0.2, 0) is 18.4 Å². The first kappa shape index (κ1) is 18.7. The van der Waals surface area contributed by atoms with Crippen LogP contribution in [0.1, 0.15) is 19.4 Å². The SMILES string of the molecule is CC(C)N(Cc1ccccc1)C(=O)CSc1nc2ccsc2c(=O)n1C. The molecule has 1 amide bonds. The molecule has 0 unspecified atom stereocenters. The minimum Gasteiger partial charge on any atom is -0.335 e. The highest BCUT2D eigenvalue weighted by Crippen LogP contribution is 2.21. The molecule has 3 aromatic rings. The lowest BCUT2D eigenvalue weighted by atomic mass is 10.2. The van der Waals surface area contributed by atoms with Gasteiger partial charge in [-0.2, -0.15) is 0 Å². The maximum Gasteiger partial charge on any atom is 0.271 e. The van der Waals surface area contributed by atoms with Crippen LogP contribution in [0, 0.1) is 0 Å². The molecule has 0 fully saturated rings. The number of nitrogens with zero attached hydrogens (tertiary/aromatic N) is 3. The van der Waals surface area contributed by atoms with Crippen molar-refractivity contribution in [3.05, 3.63) is 57.7 Å². The summed E-state index contributed by atoms with van der Waals surface area (Å²) in [5, 5.41) is 2.43. The first-order valence-electron chi connectivity index (χ1n) is 8.38. The molecule has 0 spiro atoms. The van der Waals surface area contributed by atoms with Crippen LogP contribution in [0.25, 0.3) is 10.2 Å². The molecule has 26 heavy (non-hydrogen) atoms. The van der Waals surface area contributed by atoms with E-state index in [0.717, 1.165) is 5.56 Å². The van der Waals surface area contributed by atoms with E-state index in [9.17, 15) is 9.59 Å². The fourth-order valence-corrected chi connectivity index (χ4v) is 4.31. The standard InChI is InChI=1S/C19H21N3O2S2/c1-13(2)22(11-14-7-5-4-6-8-14)16(23)12-26-19-20-15-9-10-25-17(15)18(24)21(19)3/h4-10,13H,11-12H2,1-3H3. The molecule has 2 aromatic heterocycles. The summed E-state index contributed by atoms with van der Waals surface area (Å²) in [7, 11) is 1.70. The minimum absolute atomic E-state index is 0.0357. The third-order valence-corrected chi connectivity index (χ3v) is 6.02. The molecule has 7 heteroatoms. The molecule has 2 heterocycles. The summed E-state index contributed by atoms with van der Waals surface area (Å²) in [6.07, 6.45) is 0. The highest BCUT2D eigenvalue weighted by Gasteiger charge is 2.19. The van der Waals surface area contributed by atoms with Crippen molar-refractivity contribution < 1.29 is 4.79 Å². The summed E-state index contributed by atoms with van der Waals surface area (Å²) < 4.78 is 2.17. The third-order valence-electron chi connectivity index (χ3n) is 4.11. The predicted molar refractivity (Wildman–Crippen MR) is 108 cm³/mol. The van der Waals surface area contributed by atoms with E-state index in [-0.39, 0.29) is 23.3 Å². The number of carbonyl (C=O) groups is 1. The summed E-state index contributed by atoms with van der Waals surface area (Å²) in [5.41, 5.74) is 1.73. The first-order valence-corrected chi connectivity index (χ1v) is 10.2. The molecule has 0 saturated heterocycles. The third kappa shape index (κ3) is 3.99. The summed E-state index contributed by atoms with van der Waals surface area (Å²) in [6, 6.07) is 11.9. The van der Waals surface area contributed by atoms with Gasteiger partial charge in [-0.3, -0.25) is 14.2 Å². The number of thioether (sulfide) groups is 1. The number of hydrogen-bond donors (Lipinski definition) is 0. The van der Waals surface area contributed by atoms with Crippen LogP contribution in [-0.4, -0.2) is 32.2 Å². The van der Waals surface area contributed by atoms with Crippen LogP contribution >= 0.6 is 23.1 Å². The maximum atomic E-state index is 12.8. The van der Waals surface area contributed by atoms with Gasteiger partial charge in [0.15, 0.2) is 5.16 Å². The fraction of sp³-hybridized carbons (Fsp3) is 0.316. The zero-order valence-electron chi connectivity index (χ0n) is 15.0. The molecule has 0 radical (unpaired) electrons. The van der Waals surface area contributed by atoms with Crippen LogP contribution in [0.4, 0.5) is 0 Å². The Kier molecular flexibility index (Phi) is 5.78. The average Bonchev–Trinajstić information content (AvgIpc) is 3.10. The van der Waals surface area contributed by atoms with Crippen molar-refractivity contribution in [3.8, 4) is 0 Å². The van der Waals surface area contributed by atoms with E-state index in [1.165, 1.54) is 27.7 Å². The second-order valence-corrected chi connectivity index (χ2v) is 8.14. The Morgan fingerprint density at radius 3 is 2.69 bits per heavy atom. The quantitative estimate of drug-likeness (QED) is 0.480. The molecule has 0 aliphatic rings. The Hall–Kier alpha value is -2.12. The lowest BCUT2D eigenvalue weighted by molar-refractivity contribution is -0.130. The van der Waals surface area contributed by atoms with Crippen molar-refractivity contribution >= 4 is 39.2 Å². The van der Waals surface area contributed by atoms with E-state index in [1.54, 1.807) is 7.05 Å². The normalized spacial score (nSPS) is 11.2. The van der Waals surface area contributed by atoms with Gasteiger partial charge in [0.05, 0.1) is 11.3 Å². The van der Waals surface area contributed by atoms with Crippen LogP contribution < -0.4 is 5.56 Å². The predicted octanol–water partition coefficient (Wildman–Crippen LogP) is 3.52. The minimum atomic E-state index is -0.0649. The van der Waals surface area contributed by atoms with Gasteiger partial charge in [-0.1, -0.05) is 42.1 Å². The molecular weight excluding hydrogens is 366 g/mol. The lowest BCUT2D eigenvalue weighted by Gasteiger charge is -2.27. The molecule has 5 nitrogen and oxygen atoms in total. The van der Waals surface area contributed by atoms with E-state index >= 15 is 0 Å². The lowest BCUT2D eigenvalue weighted by Crippen LogP contribution is -2.37. The fourth-order valence-electron chi connectivity index (χ4n) is 2.64. The molecule has 0 bridgehead atoms. The Labute approximate surface area is 160 Å². The first-order chi connectivity index (χ1) is 12.5. The van der Waals surface area contributed by atoms with E-state index in [0.29, 0.717) is 21.9 Å². The summed E-state index contributed by atoms with van der Waals surface area (Å²) in [4.78, 5) is 31.5. The molecule has 0 aliphatic heterocycles. The number of hydrogen-bond acceptors (Lipinski definition) is 5. The van der Waals surface area contributed by atoms with Gasteiger partial charge in [0.2, 0.25) is 5.91 Å². The maximum absolute atomic E-state index is 12.8. The van der Waals surface area contributed by atoms with Gasteiger partial charge in [-0.15, -0.1) is 11.3 Å². The van der Waals surface area contributed by atoms with Gasteiger partial charge in [-0.25, -0.2) is 4.98 Å². The number of rotatable bonds is 6. The Balaban J connectivity index is 1.74. The highest BCUT2D eigenvalue weighted by atomic mass is 32.2. The number of amides is 1. The van der Waals surface area contributed by atoms with Crippen molar-refractivity contribution in [2.45, 2.75) is 31.6 Å². The van der Waals surface area contributed by atoms with Gasteiger partial charge in [0, 0.05) is 19.6 Å². The number of fused-ring (bicyclic) bond motifs is 1. The molecule has 0 saturated carbocycles. The van der Waals surface area contributed by atoms with Crippen molar-refractivity contribution in [1.82, 2.24) is 14.5 Å². The second-order valence-electron chi connectivity index (χ2n) is 6.28. The van der Waals surface area contributed by atoms with Crippen LogP contribution in [0.5, 0.6) is 0 Å². The van der Waals surface area contributed by atoms with Crippen molar-refractivity contribution in [1.29, 1.82) is 0 Å². The highest BCUT2D eigenvalue weighted by molar-refractivity contribution is 7.99. The van der Waals surface area contributed by atoms with E-state index in [4.69, 9.17) is 0 Å². The Morgan fingerprint density at radius 2 is 2.00 bits per heavy atom.